The van der Waals surface area contributed by atoms with Crippen LogP contribution in [0.1, 0.15) is 73.1 Å². The van der Waals surface area contributed by atoms with Crippen molar-refractivity contribution in [1.29, 1.82) is 0 Å². The van der Waals surface area contributed by atoms with Crippen molar-refractivity contribution in [2.24, 2.45) is 34.5 Å². The van der Waals surface area contributed by atoms with Crippen molar-refractivity contribution >= 4 is 11.8 Å². The van der Waals surface area contributed by atoms with Crippen LogP contribution < -0.4 is 0 Å². The molecule has 6 nitrogen and oxygen atoms in total. The van der Waals surface area contributed by atoms with E-state index >= 15 is 0 Å². The number of epoxide rings is 1. The number of ketones is 1. The molecular formula is C28H38O6. The molecule has 4 fully saturated rings. The minimum atomic E-state index is -1.25. The molecule has 6 heteroatoms. The van der Waals surface area contributed by atoms with Crippen LogP contribution >= 0.6 is 0 Å². The first-order valence-corrected chi connectivity index (χ1v) is 13.1. The van der Waals surface area contributed by atoms with Crippen molar-refractivity contribution in [3.8, 4) is 0 Å². The number of fused-ring (bicyclic) bond motifs is 8. The number of carbonyl (C=O) groups is 2. The summed E-state index contributed by atoms with van der Waals surface area (Å²) in [5.74, 6) is -0.164. The van der Waals surface area contributed by atoms with Crippen LogP contribution in [-0.4, -0.2) is 51.5 Å². The van der Waals surface area contributed by atoms with Crippen molar-refractivity contribution < 1.29 is 29.3 Å². The maximum absolute atomic E-state index is 13.3. The van der Waals surface area contributed by atoms with Crippen LogP contribution in [-0.2, 0) is 19.1 Å². The summed E-state index contributed by atoms with van der Waals surface area (Å²) >= 11 is 0. The highest BCUT2D eigenvalue weighted by atomic mass is 16.6. The normalized spacial score (nSPS) is 54.6. The highest BCUT2D eigenvalue weighted by molar-refractivity contribution is 5.97. The minimum absolute atomic E-state index is 0.0149. The van der Waals surface area contributed by atoms with Crippen LogP contribution in [0.5, 0.6) is 0 Å². The van der Waals surface area contributed by atoms with E-state index in [2.05, 4.69) is 13.8 Å². The van der Waals surface area contributed by atoms with Crippen molar-refractivity contribution in [1.82, 2.24) is 0 Å². The smallest absolute Gasteiger partial charge is 0.333 e. The first-order valence-electron chi connectivity index (χ1n) is 13.1. The topological polar surface area (TPSA) is 96.4 Å². The zero-order chi connectivity index (χ0) is 24.4. The molecule has 1 saturated heterocycles. The Balaban J connectivity index is 1.34. The van der Waals surface area contributed by atoms with Crippen LogP contribution in [0.3, 0.4) is 0 Å². The predicted molar refractivity (Wildman–Crippen MR) is 125 cm³/mol. The number of hydrogen-bond donors (Lipinski definition) is 2. The van der Waals surface area contributed by atoms with Crippen LogP contribution in [0.4, 0.5) is 0 Å². The largest absolute Gasteiger partial charge is 0.458 e. The Labute approximate surface area is 201 Å². The molecule has 6 aliphatic rings. The third kappa shape index (κ3) is 2.48. The molecule has 0 aromatic rings. The molecule has 3 saturated carbocycles. The van der Waals surface area contributed by atoms with E-state index in [0.717, 1.165) is 36.8 Å². The molecule has 6 rings (SSSR count). The van der Waals surface area contributed by atoms with E-state index in [1.54, 1.807) is 12.2 Å². The van der Waals surface area contributed by atoms with Crippen LogP contribution in [0.25, 0.3) is 0 Å². The summed E-state index contributed by atoms with van der Waals surface area (Å²) in [7, 11) is 0. The second-order valence-electron chi connectivity index (χ2n) is 12.7. The lowest BCUT2D eigenvalue weighted by atomic mass is 9.41. The fraction of sp³-hybridized carbons (Fsp3) is 0.786. The van der Waals surface area contributed by atoms with Gasteiger partial charge in [0.1, 0.15) is 29.5 Å². The Kier molecular flexibility index (Phi) is 4.61. The quantitative estimate of drug-likeness (QED) is 0.474. The minimum Gasteiger partial charge on any atom is -0.458 e. The third-order valence-electron chi connectivity index (χ3n) is 11.7. The Morgan fingerprint density at radius 2 is 1.79 bits per heavy atom. The fourth-order valence-corrected chi connectivity index (χ4v) is 9.43. The predicted octanol–water partition coefficient (Wildman–Crippen LogP) is 3.50. The maximum Gasteiger partial charge on any atom is 0.333 e. The molecule has 4 aliphatic carbocycles. The van der Waals surface area contributed by atoms with Gasteiger partial charge in [-0.25, -0.2) is 4.79 Å². The monoisotopic (exact) mass is 470 g/mol. The van der Waals surface area contributed by atoms with Crippen LogP contribution in [0.15, 0.2) is 23.3 Å². The van der Waals surface area contributed by atoms with Gasteiger partial charge >= 0.3 is 5.97 Å². The molecule has 0 spiro atoms. The fourth-order valence-electron chi connectivity index (χ4n) is 9.43. The van der Waals surface area contributed by atoms with Gasteiger partial charge in [0.25, 0.3) is 0 Å². The number of esters is 1. The van der Waals surface area contributed by atoms with E-state index in [0.29, 0.717) is 18.8 Å². The van der Waals surface area contributed by atoms with Crippen molar-refractivity contribution in [2.75, 3.05) is 0 Å². The Hall–Kier alpha value is -1.50. The van der Waals surface area contributed by atoms with Gasteiger partial charge in [-0.15, -0.1) is 0 Å². The molecule has 2 aliphatic heterocycles. The van der Waals surface area contributed by atoms with Gasteiger partial charge in [-0.05, 0) is 82.1 Å². The highest BCUT2D eigenvalue weighted by Crippen LogP contribution is 2.73. The van der Waals surface area contributed by atoms with Gasteiger partial charge in [-0.1, -0.05) is 25.5 Å². The van der Waals surface area contributed by atoms with E-state index in [1.807, 2.05) is 20.8 Å². The van der Waals surface area contributed by atoms with E-state index in [9.17, 15) is 19.8 Å². The summed E-state index contributed by atoms with van der Waals surface area (Å²) < 4.78 is 12.0. The summed E-state index contributed by atoms with van der Waals surface area (Å²) in [5, 5.41) is 24.2. The van der Waals surface area contributed by atoms with Gasteiger partial charge in [0, 0.05) is 17.9 Å². The van der Waals surface area contributed by atoms with Gasteiger partial charge in [-0.3, -0.25) is 4.79 Å². The Bertz CT molecular complexity index is 1030. The molecular weight excluding hydrogens is 432 g/mol. The van der Waals surface area contributed by atoms with Gasteiger partial charge in [-0.2, -0.15) is 0 Å². The lowest BCUT2D eigenvalue weighted by molar-refractivity contribution is -0.238. The zero-order valence-corrected chi connectivity index (χ0v) is 21.0. The Morgan fingerprint density at radius 3 is 2.50 bits per heavy atom. The summed E-state index contributed by atoms with van der Waals surface area (Å²) in [6, 6.07) is 0. The van der Waals surface area contributed by atoms with Gasteiger partial charge in [0.05, 0.1) is 5.41 Å². The summed E-state index contributed by atoms with van der Waals surface area (Å²) in [6.07, 6.45) is 6.83. The van der Waals surface area contributed by atoms with Crippen molar-refractivity contribution in [3.63, 3.8) is 0 Å². The molecule has 34 heavy (non-hydrogen) atoms. The SMILES string of the molecule is CC1=C(C)C(=O)O[C@@H]([C@@H](C)[C@H]2CC[C@@H]3[C@]2(C)CCC2[C@@]3(O)[C@H]3O[C@H]3[C@@]3(O)CC=CC(=O)[C@]23C)C1. The Morgan fingerprint density at radius 1 is 1.06 bits per heavy atom. The van der Waals surface area contributed by atoms with Crippen LogP contribution in [0.2, 0.25) is 0 Å². The number of cyclic esters (lactones) is 1. The van der Waals surface area contributed by atoms with Crippen LogP contribution in [0, 0.1) is 34.5 Å². The number of aliphatic hydroxyl groups is 2. The van der Waals surface area contributed by atoms with E-state index in [-0.39, 0.29) is 41.0 Å². The van der Waals surface area contributed by atoms with Gasteiger partial charge < -0.3 is 19.7 Å². The van der Waals surface area contributed by atoms with E-state index < -0.39 is 28.8 Å². The first kappa shape index (κ1) is 22.9. The number of rotatable bonds is 2. The first-order chi connectivity index (χ1) is 15.9. The molecule has 0 radical (unpaired) electrons. The van der Waals surface area contributed by atoms with Gasteiger partial charge in [0.15, 0.2) is 5.78 Å². The number of hydrogen-bond acceptors (Lipinski definition) is 6. The molecule has 0 aromatic carbocycles. The van der Waals surface area contributed by atoms with E-state index in [1.165, 1.54) is 0 Å². The molecule has 186 valence electrons. The maximum atomic E-state index is 13.3. The molecule has 0 aromatic heterocycles. The zero-order valence-electron chi connectivity index (χ0n) is 21.0. The molecule has 0 bridgehead atoms. The van der Waals surface area contributed by atoms with Crippen molar-refractivity contribution in [2.45, 2.75) is 103 Å². The molecule has 0 amide bonds. The molecule has 2 N–H and O–H groups in total. The number of carbonyl (C=O) groups excluding carboxylic acids is 2. The second kappa shape index (κ2) is 6.83. The molecule has 2 heterocycles. The van der Waals surface area contributed by atoms with Gasteiger partial charge in [0.2, 0.25) is 0 Å². The second-order valence-corrected chi connectivity index (χ2v) is 12.7. The average Bonchev–Trinajstić information content (AvgIpc) is 3.52. The number of ether oxygens (including phenoxy) is 2. The third-order valence-corrected chi connectivity index (χ3v) is 11.7. The standard InChI is InChI=1S/C28H38O6/c1-14-13-18(33-24(30)15(14)2)16(3)17-8-9-19-25(17,4)12-10-20-26(5)21(29)7-6-11-27(26,31)22-23(34-22)28(19,20)32/h6-7,16-20,22-23,31-32H,8-13H2,1-5H3/t16-,17+,18+,19+,20?,22+,23-,25+,26-,27-,28+/m0/s1. The number of allylic oxidation sites excluding steroid dienone is 1. The lowest BCUT2D eigenvalue weighted by Gasteiger charge is -2.63. The summed E-state index contributed by atoms with van der Waals surface area (Å²) in [6.45, 7) is 10.2. The highest BCUT2D eigenvalue weighted by Gasteiger charge is 2.83. The lowest BCUT2D eigenvalue weighted by Crippen LogP contribution is -2.74. The van der Waals surface area contributed by atoms with Crippen molar-refractivity contribution in [3.05, 3.63) is 23.3 Å². The molecule has 1 unspecified atom stereocenters. The summed E-state index contributed by atoms with van der Waals surface area (Å²) in [4.78, 5) is 25.7. The van der Waals surface area contributed by atoms with E-state index in [4.69, 9.17) is 9.47 Å². The summed E-state index contributed by atoms with van der Waals surface area (Å²) in [5.41, 5.74) is -1.75. The molecule has 11 atom stereocenters. The average molecular weight is 471 g/mol.